The fourth-order valence-electron chi connectivity index (χ4n) is 5.29. The number of hydrogen-bond donors (Lipinski definition) is 2. The van der Waals surface area contributed by atoms with Gasteiger partial charge < -0.3 is 15.3 Å². The van der Waals surface area contributed by atoms with Crippen molar-refractivity contribution >= 4 is 39.8 Å². The molecule has 2 aromatic heterocycles. The molecule has 4 aromatic rings. The van der Waals surface area contributed by atoms with Gasteiger partial charge in [-0.1, -0.05) is 18.2 Å². The van der Waals surface area contributed by atoms with Crippen LogP contribution in [-0.4, -0.2) is 45.1 Å². The fourth-order valence-corrected chi connectivity index (χ4v) is 5.29. The van der Waals surface area contributed by atoms with Crippen LogP contribution in [0.2, 0.25) is 0 Å². The average molecular weight is 467 g/mol. The Labute approximate surface area is 203 Å². The minimum Gasteiger partial charge on any atom is -0.508 e. The van der Waals surface area contributed by atoms with Crippen LogP contribution in [0.15, 0.2) is 67.1 Å². The highest BCUT2D eigenvalue weighted by Gasteiger charge is 2.56. The summed E-state index contributed by atoms with van der Waals surface area (Å²) < 4.78 is 0. The maximum atomic E-state index is 11.4. The first-order valence-electron chi connectivity index (χ1n) is 11.8. The van der Waals surface area contributed by atoms with Crippen molar-refractivity contribution < 1.29 is 9.90 Å². The predicted molar refractivity (Wildman–Crippen MR) is 135 cm³/mol. The Morgan fingerprint density at radius 1 is 1.06 bits per heavy atom. The van der Waals surface area contributed by atoms with Crippen LogP contribution in [-0.2, 0) is 4.79 Å². The number of para-hydroxylation sites is 1. The average Bonchev–Trinajstić information content (AvgIpc) is 3.27. The minimum absolute atomic E-state index is 0.0344. The van der Waals surface area contributed by atoms with Gasteiger partial charge in [-0.25, -0.2) is 15.0 Å². The van der Waals surface area contributed by atoms with Gasteiger partial charge in [0.1, 0.15) is 23.7 Å². The van der Waals surface area contributed by atoms with E-state index in [0.29, 0.717) is 11.8 Å². The normalized spacial score (nSPS) is 20.5. The molecule has 0 radical (unpaired) electrons. The summed E-state index contributed by atoms with van der Waals surface area (Å²) in [6.07, 6.45) is 3.37. The maximum absolute atomic E-state index is 11.4. The number of carbonyl (C=O) groups excluding carboxylic acids is 1. The van der Waals surface area contributed by atoms with E-state index in [0.717, 1.165) is 52.6 Å². The predicted octanol–water partition coefficient (Wildman–Crippen LogP) is 4.08. The van der Waals surface area contributed by atoms with Crippen LogP contribution in [0.4, 0.5) is 23.0 Å². The second-order valence-electron chi connectivity index (χ2n) is 9.36. The Morgan fingerprint density at radius 2 is 1.83 bits per heavy atom. The number of nitrogens with zero attached hydrogens (tertiary/aromatic N) is 5. The van der Waals surface area contributed by atoms with Crippen LogP contribution in [0.3, 0.4) is 0 Å². The van der Waals surface area contributed by atoms with Crippen molar-refractivity contribution in [3.63, 3.8) is 0 Å². The van der Waals surface area contributed by atoms with Gasteiger partial charge in [0.05, 0.1) is 17.4 Å². The Morgan fingerprint density at radius 3 is 2.54 bits per heavy atom. The molecule has 1 aliphatic heterocycles. The molecule has 2 N–H and O–H groups in total. The number of amides is 1. The number of fused-ring (bicyclic) bond motifs is 2. The number of piperidine rings is 1. The van der Waals surface area contributed by atoms with Crippen molar-refractivity contribution in [1.82, 2.24) is 20.3 Å². The summed E-state index contributed by atoms with van der Waals surface area (Å²) in [5.41, 5.74) is 3.57. The van der Waals surface area contributed by atoms with Crippen molar-refractivity contribution in [3.05, 3.63) is 72.7 Å². The molecule has 176 valence electrons. The Balaban J connectivity index is 1.41. The second kappa shape index (κ2) is 8.23. The number of anilines is 4. The highest BCUT2D eigenvalue weighted by molar-refractivity contribution is 5.96. The van der Waals surface area contributed by atoms with E-state index in [-0.39, 0.29) is 17.7 Å². The van der Waals surface area contributed by atoms with Crippen LogP contribution in [0.5, 0.6) is 5.75 Å². The van der Waals surface area contributed by atoms with E-state index in [4.69, 9.17) is 9.97 Å². The summed E-state index contributed by atoms with van der Waals surface area (Å²) in [5.74, 6) is 2.85. The van der Waals surface area contributed by atoms with Crippen molar-refractivity contribution in [3.8, 4) is 5.75 Å². The number of phenols is 1. The van der Waals surface area contributed by atoms with Gasteiger partial charge in [-0.05, 0) is 48.9 Å². The highest BCUT2D eigenvalue weighted by atomic mass is 16.3. The summed E-state index contributed by atoms with van der Waals surface area (Å²) in [5, 5.41) is 14.0. The molecule has 2 aromatic carbocycles. The molecule has 0 bridgehead atoms. The quantitative estimate of drug-likeness (QED) is 0.458. The third-order valence-corrected chi connectivity index (χ3v) is 7.02. The zero-order valence-electron chi connectivity index (χ0n) is 19.6. The van der Waals surface area contributed by atoms with Gasteiger partial charge in [0, 0.05) is 49.0 Å². The maximum Gasteiger partial charge on any atom is 0.217 e. The van der Waals surface area contributed by atoms with E-state index in [1.807, 2.05) is 43.3 Å². The van der Waals surface area contributed by atoms with E-state index in [2.05, 4.69) is 26.2 Å². The highest BCUT2D eigenvalue weighted by Crippen LogP contribution is 2.47. The summed E-state index contributed by atoms with van der Waals surface area (Å²) >= 11 is 0. The van der Waals surface area contributed by atoms with E-state index in [9.17, 15) is 9.90 Å². The van der Waals surface area contributed by atoms with Crippen molar-refractivity contribution in [1.29, 1.82) is 0 Å². The second-order valence-corrected chi connectivity index (χ2v) is 9.36. The number of aryl methyl sites for hydroxylation is 1. The largest absolute Gasteiger partial charge is 0.508 e. The van der Waals surface area contributed by atoms with Crippen LogP contribution >= 0.6 is 0 Å². The lowest BCUT2D eigenvalue weighted by Gasteiger charge is -2.27. The third kappa shape index (κ3) is 3.80. The molecule has 2 aliphatic rings. The van der Waals surface area contributed by atoms with E-state index in [1.165, 1.54) is 0 Å². The summed E-state index contributed by atoms with van der Waals surface area (Å²) in [6, 6.07) is 17.8. The van der Waals surface area contributed by atoms with Gasteiger partial charge in [0.15, 0.2) is 0 Å². The Bertz CT molecular complexity index is 1410. The smallest absolute Gasteiger partial charge is 0.217 e. The molecule has 6 rings (SSSR count). The number of hydrogen-bond acceptors (Lipinski definition) is 7. The van der Waals surface area contributed by atoms with Crippen LogP contribution < -0.4 is 15.1 Å². The number of nitrogens with one attached hydrogen (secondary N) is 1. The summed E-state index contributed by atoms with van der Waals surface area (Å²) in [6.45, 7) is 5.29. The lowest BCUT2D eigenvalue weighted by molar-refractivity contribution is -0.119. The molecule has 2 unspecified atom stereocenters. The topological polar surface area (TPSA) is 94.5 Å². The number of phenolic OH excluding ortho intramolecular Hbond substituents is 1. The van der Waals surface area contributed by atoms with E-state index in [1.54, 1.807) is 31.6 Å². The number of aromatic nitrogens is 3. The Kier molecular flexibility index (Phi) is 5.02. The van der Waals surface area contributed by atoms with Gasteiger partial charge in [-0.2, -0.15) is 0 Å². The number of pyridine rings is 1. The SMILES string of the molecule is CC(=O)NC1C2CN(c3cc4c(N(c5ccccc5)c5ccc(O)cc5C)ncnc4cn3)CC21. The summed E-state index contributed by atoms with van der Waals surface area (Å²) in [4.78, 5) is 29.7. The monoisotopic (exact) mass is 466 g/mol. The molecule has 1 aliphatic carbocycles. The van der Waals surface area contributed by atoms with E-state index < -0.39 is 0 Å². The molecule has 3 heterocycles. The zero-order chi connectivity index (χ0) is 24.1. The molecule has 2 fully saturated rings. The van der Waals surface area contributed by atoms with E-state index >= 15 is 0 Å². The lowest BCUT2D eigenvalue weighted by atomic mass is 10.1. The number of carbonyl (C=O) groups is 1. The molecule has 1 saturated heterocycles. The summed E-state index contributed by atoms with van der Waals surface area (Å²) in [7, 11) is 0. The van der Waals surface area contributed by atoms with Gasteiger partial charge in [0.2, 0.25) is 5.91 Å². The minimum atomic E-state index is 0.0344. The van der Waals surface area contributed by atoms with Crippen molar-refractivity contribution in [2.24, 2.45) is 11.8 Å². The first kappa shape index (κ1) is 21.3. The number of rotatable bonds is 5. The molecular weight excluding hydrogens is 440 g/mol. The molecule has 35 heavy (non-hydrogen) atoms. The first-order valence-corrected chi connectivity index (χ1v) is 11.8. The Hall–Kier alpha value is -4.20. The molecule has 0 spiro atoms. The van der Waals surface area contributed by atoms with Crippen molar-refractivity contribution in [2.75, 3.05) is 22.9 Å². The van der Waals surface area contributed by atoms with Crippen LogP contribution in [0.1, 0.15) is 12.5 Å². The first-order chi connectivity index (χ1) is 17.0. The molecule has 2 atom stereocenters. The molecule has 1 amide bonds. The molecule has 1 saturated carbocycles. The lowest BCUT2D eigenvalue weighted by Crippen LogP contribution is -2.33. The third-order valence-electron chi connectivity index (χ3n) is 7.02. The van der Waals surface area contributed by atoms with Gasteiger partial charge in [-0.3, -0.25) is 9.69 Å². The standard InChI is InChI=1S/C27H26N6O2/c1-16-10-19(35)8-9-24(16)33(18-6-4-3-5-7-18)27-20-11-25(28-12-23(20)29-15-30-27)32-13-21-22(14-32)26(21)31-17(2)34/h3-12,15,21-22,26,35H,13-14H2,1-2H3,(H,31,34). The molecule has 8 heteroatoms. The van der Waals surface area contributed by atoms with Crippen LogP contribution in [0.25, 0.3) is 10.9 Å². The van der Waals surface area contributed by atoms with Gasteiger partial charge in [0.25, 0.3) is 0 Å². The van der Waals surface area contributed by atoms with Gasteiger partial charge in [-0.15, -0.1) is 0 Å². The number of aromatic hydroxyl groups is 1. The zero-order valence-corrected chi connectivity index (χ0v) is 19.6. The molecular formula is C27H26N6O2. The fraction of sp³-hybridized carbons (Fsp3) is 0.259. The number of benzene rings is 2. The van der Waals surface area contributed by atoms with Gasteiger partial charge >= 0.3 is 0 Å². The van der Waals surface area contributed by atoms with Crippen molar-refractivity contribution in [2.45, 2.75) is 19.9 Å². The molecule has 8 nitrogen and oxygen atoms in total. The van der Waals surface area contributed by atoms with Crippen LogP contribution in [0, 0.1) is 18.8 Å².